The maximum Gasteiger partial charge on any atom is 0.246 e. The molecule has 2 saturated carbocycles. The molecule has 1 aromatic rings. The number of carbonyl (C=O) groups is 1. The summed E-state index contributed by atoms with van der Waals surface area (Å²) in [7, 11) is 1.91. The topological polar surface area (TPSA) is 33.2 Å². The van der Waals surface area contributed by atoms with Gasteiger partial charge in [-0.25, -0.2) is 4.39 Å². The Balaban J connectivity index is 1.49. The quantitative estimate of drug-likeness (QED) is 0.661. The van der Waals surface area contributed by atoms with Crippen molar-refractivity contribution in [2.45, 2.75) is 46.0 Å². The average Bonchev–Trinajstić information content (AvgIpc) is 3.00. The normalized spacial score (nSPS) is 36.3. The van der Waals surface area contributed by atoms with Gasteiger partial charge in [0.05, 0.1) is 6.20 Å². The van der Waals surface area contributed by atoms with Crippen LogP contribution in [0.1, 0.15) is 51.5 Å². The lowest BCUT2D eigenvalue weighted by molar-refractivity contribution is -0.124. The third-order valence-electron chi connectivity index (χ3n) is 8.43. The Morgan fingerprint density at radius 3 is 2.79 bits per heavy atom. The molecule has 3 aliphatic carbocycles. The number of likely N-dealkylation sites (N-methyl/N-ethyl adjacent to an activating group) is 1. The van der Waals surface area contributed by atoms with Crippen molar-refractivity contribution >= 4 is 11.5 Å². The second-order valence-electron chi connectivity index (χ2n) is 9.81. The van der Waals surface area contributed by atoms with Crippen LogP contribution in [0.15, 0.2) is 47.8 Å². The zero-order chi connectivity index (χ0) is 20.4. The molecule has 5 rings (SSSR count). The number of pyridine rings is 1. The fourth-order valence-corrected chi connectivity index (χ4v) is 6.65. The first kappa shape index (κ1) is 18.8. The number of aromatic nitrogens is 1. The number of hydrogen-bond donors (Lipinski definition) is 0. The van der Waals surface area contributed by atoms with Crippen molar-refractivity contribution in [2.24, 2.45) is 22.7 Å². The predicted octanol–water partition coefficient (Wildman–Crippen LogP) is 5.17. The van der Waals surface area contributed by atoms with Crippen molar-refractivity contribution in [3.05, 3.63) is 59.2 Å². The summed E-state index contributed by atoms with van der Waals surface area (Å²) in [6.45, 7) is 5.55. The highest BCUT2D eigenvalue weighted by atomic mass is 19.1. The van der Waals surface area contributed by atoms with E-state index in [9.17, 15) is 9.18 Å². The Morgan fingerprint density at radius 1 is 1.17 bits per heavy atom. The molecule has 0 saturated heterocycles. The minimum atomic E-state index is -0.277. The zero-order valence-electron chi connectivity index (χ0n) is 17.5. The van der Waals surface area contributed by atoms with E-state index in [0.717, 1.165) is 44.2 Å². The summed E-state index contributed by atoms with van der Waals surface area (Å²) < 4.78 is 13.8. The molecule has 3 nitrogen and oxygen atoms in total. The highest BCUT2D eigenvalue weighted by Gasteiger charge is 2.54. The van der Waals surface area contributed by atoms with Crippen LogP contribution in [0.25, 0.3) is 5.57 Å². The summed E-state index contributed by atoms with van der Waals surface area (Å²) >= 11 is 0. The molecule has 2 heterocycles. The van der Waals surface area contributed by atoms with Crippen LogP contribution in [0, 0.1) is 28.5 Å². The van der Waals surface area contributed by atoms with E-state index in [1.165, 1.54) is 22.9 Å². The van der Waals surface area contributed by atoms with Crippen LogP contribution >= 0.6 is 0 Å². The van der Waals surface area contributed by atoms with Gasteiger partial charge >= 0.3 is 0 Å². The summed E-state index contributed by atoms with van der Waals surface area (Å²) in [6.07, 6.45) is 14.9. The van der Waals surface area contributed by atoms with Gasteiger partial charge in [0, 0.05) is 31.3 Å². The molecule has 4 aliphatic rings. The van der Waals surface area contributed by atoms with Crippen LogP contribution in [0.2, 0.25) is 0 Å². The molecule has 2 fully saturated rings. The summed E-state index contributed by atoms with van der Waals surface area (Å²) in [6, 6.07) is 1.61. The molecular formula is C25H29FN2O. The molecule has 0 N–H and O–H groups in total. The van der Waals surface area contributed by atoms with Crippen molar-refractivity contribution in [1.82, 2.24) is 9.88 Å². The van der Waals surface area contributed by atoms with E-state index in [0.29, 0.717) is 11.8 Å². The van der Waals surface area contributed by atoms with Crippen LogP contribution in [-0.4, -0.2) is 29.4 Å². The van der Waals surface area contributed by atoms with E-state index in [1.807, 2.05) is 18.0 Å². The minimum Gasteiger partial charge on any atom is -0.342 e. The van der Waals surface area contributed by atoms with E-state index in [1.54, 1.807) is 12.3 Å². The van der Waals surface area contributed by atoms with E-state index in [4.69, 9.17) is 0 Å². The smallest absolute Gasteiger partial charge is 0.246 e. The van der Waals surface area contributed by atoms with Gasteiger partial charge in [-0.05, 0) is 66.6 Å². The lowest BCUT2D eigenvalue weighted by Crippen LogP contribution is -2.46. The van der Waals surface area contributed by atoms with Gasteiger partial charge < -0.3 is 4.90 Å². The Morgan fingerprint density at radius 2 is 2.00 bits per heavy atom. The Labute approximate surface area is 172 Å². The average molecular weight is 393 g/mol. The fourth-order valence-electron chi connectivity index (χ4n) is 6.65. The van der Waals surface area contributed by atoms with Gasteiger partial charge in [-0.3, -0.25) is 9.78 Å². The first-order chi connectivity index (χ1) is 13.8. The number of nitrogens with zero attached hydrogens (tertiary/aromatic N) is 2. The second-order valence-corrected chi connectivity index (χ2v) is 9.81. The Bertz CT molecular complexity index is 977. The molecule has 1 amide bonds. The van der Waals surface area contributed by atoms with Crippen molar-refractivity contribution in [2.75, 3.05) is 13.6 Å². The van der Waals surface area contributed by atoms with Crippen molar-refractivity contribution in [3.63, 3.8) is 0 Å². The largest absolute Gasteiger partial charge is 0.342 e. The van der Waals surface area contributed by atoms with Gasteiger partial charge in [0.15, 0.2) is 0 Å². The monoisotopic (exact) mass is 392 g/mol. The predicted molar refractivity (Wildman–Crippen MR) is 112 cm³/mol. The number of halogens is 1. The van der Waals surface area contributed by atoms with Crippen LogP contribution in [0.4, 0.5) is 4.39 Å². The summed E-state index contributed by atoms with van der Waals surface area (Å²) in [5.74, 6) is 0.982. The third kappa shape index (κ3) is 2.68. The van der Waals surface area contributed by atoms with Gasteiger partial charge in [0.2, 0.25) is 5.91 Å². The third-order valence-corrected chi connectivity index (χ3v) is 8.43. The molecule has 4 heteroatoms. The minimum absolute atomic E-state index is 0.0362. The molecule has 0 bridgehead atoms. The molecule has 0 radical (unpaired) electrons. The maximum atomic E-state index is 13.8. The number of fused-ring (bicyclic) bond motifs is 5. The first-order valence-electron chi connectivity index (χ1n) is 10.8. The second kappa shape index (κ2) is 6.38. The van der Waals surface area contributed by atoms with Gasteiger partial charge in [-0.1, -0.05) is 37.1 Å². The van der Waals surface area contributed by atoms with Gasteiger partial charge in [-0.15, -0.1) is 0 Å². The molecule has 152 valence electrons. The van der Waals surface area contributed by atoms with E-state index < -0.39 is 0 Å². The van der Waals surface area contributed by atoms with E-state index >= 15 is 0 Å². The van der Waals surface area contributed by atoms with Crippen molar-refractivity contribution in [1.29, 1.82) is 0 Å². The van der Waals surface area contributed by atoms with Crippen molar-refractivity contribution in [3.8, 4) is 0 Å². The Kier molecular flexibility index (Phi) is 4.13. The van der Waals surface area contributed by atoms with Crippen LogP contribution in [0.5, 0.6) is 0 Å². The fraction of sp³-hybridized carbons (Fsp3) is 0.520. The summed E-state index contributed by atoms with van der Waals surface area (Å²) in [4.78, 5) is 18.4. The highest BCUT2D eigenvalue weighted by Crippen LogP contribution is 2.64. The van der Waals surface area contributed by atoms with Gasteiger partial charge in [0.25, 0.3) is 0 Å². The summed E-state index contributed by atoms with van der Waals surface area (Å²) in [5, 5.41) is 0. The van der Waals surface area contributed by atoms with Crippen LogP contribution in [0.3, 0.4) is 0 Å². The summed E-state index contributed by atoms with van der Waals surface area (Å²) in [5.41, 5.74) is 5.04. The number of rotatable bonds is 1. The van der Waals surface area contributed by atoms with Crippen LogP contribution < -0.4 is 0 Å². The SMILES string of the molecule is CN1CC[C@@]2(C)C(=CC1=O)CC[C@H]1C3=CC=C(c4cncc(F)c4)[C@@]3(C)CC[C@@H]12. The zero-order valence-corrected chi connectivity index (χ0v) is 17.5. The molecule has 4 atom stereocenters. The number of carbonyl (C=O) groups excluding carboxylic acids is 1. The maximum absolute atomic E-state index is 13.8. The molecule has 0 spiro atoms. The van der Waals surface area contributed by atoms with Crippen LogP contribution in [-0.2, 0) is 4.79 Å². The highest BCUT2D eigenvalue weighted by molar-refractivity contribution is 5.88. The first-order valence-corrected chi connectivity index (χ1v) is 10.8. The number of allylic oxidation sites excluding steroid dienone is 5. The lowest BCUT2D eigenvalue weighted by atomic mass is 9.49. The van der Waals surface area contributed by atoms with Gasteiger partial charge in [-0.2, -0.15) is 0 Å². The molecule has 29 heavy (non-hydrogen) atoms. The van der Waals surface area contributed by atoms with Crippen molar-refractivity contribution < 1.29 is 9.18 Å². The molecule has 1 aliphatic heterocycles. The molecule has 0 aromatic carbocycles. The molecular weight excluding hydrogens is 363 g/mol. The van der Waals surface area contributed by atoms with Gasteiger partial charge in [0.1, 0.15) is 5.82 Å². The number of amides is 1. The molecule has 0 unspecified atom stereocenters. The molecule has 1 aromatic heterocycles. The Hall–Kier alpha value is -2.23. The van der Waals surface area contributed by atoms with E-state index in [-0.39, 0.29) is 22.6 Å². The lowest BCUT2D eigenvalue weighted by Gasteiger charge is -2.55. The van der Waals surface area contributed by atoms with E-state index in [2.05, 4.69) is 31.0 Å². The standard InChI is InChI=1S/C25H29FN2O/c1-24-10-11-28(3)23(29)13-17(24)4-5-19-21-7-6-20(16-12-18(26)15-27-14-16)25(21,2)9-8-22(19)24/h6-7,12-15,19,22H,4-5,8-11H2,1-3H3/t19-,22-,24-,25+/m0/s1. The number of hydrogen-bond acceptors (Lipinski definition) is 2.